The second-order valence-electron chi connectivity index (χ2n) is 13.4. The monoisotopic (exact) mass is 789 g/mol. The maximum atomic E-state index is 15.4. The molecule has 51 heavy (non-hydrogen) atoms. The molecule has 5 aromatic rings. The standard InChI is InChI=1S/C33H37BrFN7O8S/c1-17(30(43)48-7)49-23-14-18(13-21(23)37-31(44)50-33(2,3)4)41-27-22(40(6)32(41)45)15-36-29-24(27)25(34)26(20-16-39(5)38-28(20)35)42(29)51(46,47)19-11-9-8-10-12-19/h8-12,15-18,21,23H,13-14H2,1-7H3,(H,37,44)/t17?,18-,21-,23-/m0/s1. The van der Waals surface area contributed by atoms with E-state index < -0.39 is 63.6 Å². The quantitative estimate of drug-likeness (QED) is 0.222. The summed E-state index contributed by atoms with van der Waals surface area (Å²) in [5.74, 6) is -1.54. The number of amides is 1. The summed E-state index contributed by atoms with van der Waals surface area (Å²) in [7, 11) is -0.107. The predicted octanol–water partition coefficient (Wildman–Crippen LogP) is 4.40. The summed E-state index contributed by atoms with van der Waals surface area (Å²) < 4.78 is 65.8. The number of alkyl carbamates (subject to hydrolysis) is 1. The van der Waals surface area contributed by atoms with Gasteiger partial charge in [0.25, 0.3) is 10.0 Å². The third-order valence-corrected chi connectivity index (χ3v) is 11.2. The van der Waals surface area contributed by atoms with Crippen LogP contribution in [0, 0.1) is 5.95 Å². The number of imidazole rings is 1. The molecule has 4 atom stereocenters. The maximum Gasteiger partial charge on any atom is 0.407 e. The summed E-state index contributed by atoms with van der Waals surface area (Å²) >= 11 is 3.58. The summed E-state index contributed by atoms with van der Waals surface area (Å²) in [6.07, 6.45) is 0.614. The fourth-order valence-corrected chi connectivity index (χ4v) is 8.93. The van der Waals surface area contributed by atoms with Crippen LogP contribution in [0.3, 0.4) is 0 Å². The van der Waals surface area contributed by atoms with Crippen molar-refractivity contribution in [1.29, 1.82) is 0 Å². The highest BCUT2D eigenvalue weighted by atomic mass is 79.9. The number of hydrogen-bond acceptors (Lipinski definition) is 10. The average Bonchev–Trinajstić information content (AvgIpc) is 3.77. The van der Waals surface area contributed by atoms with Gasteiger partial charge in [0.2, 0.25) is 5.95 Å². The van der Waals surface area contributed by atoms with E-state index in [0.29, 0.717) is 11.0 Å². The van der Waals surface area contributed by atoms with Crippen molar-refractivity contribution >= 4 is 60.1 Å². The lowest BCUT2D eigenvalue weighted by atomic mass is 10.2. The van der Waals surface area contributed by atoms with E-state index in [9.17, 15) is 22.8 Å². The van der Waals surface area contributed by atoms with Crippen molar-refractivity contribution in [3.05, 3.63) is 63.6 Å². The van der Waals surface area contributed by atoms with Crippen LogP contribution in [0.25, 0.3) is 33.3 Å². The zero-order chi connectivity index (χ0) is 37.2. The van der Waals surface area contributed by atoms with E-state index in [0.717, 1.165) is 3.97 Å². The molecule has 1 aliphatic carbocycles. The molecule has 18 heteroatoms. The third kappa shape index (κ3) is 6.44. The van der Waals surface area contributed by atoms with E-state index in [2.05, 4.69) is 31.3 Å². The molecule has 1 aromatic carbocycles. The summed E-state index contributed by atoms with van der Waals surface area (Å²) in [6, 6.07) is 6.30. The number of nitrogens with one attached hydrogen (secondary N) is 1. The lowest BCUT2D eigenvalue weighted by Crippen LogP contribution is -2.45. The van der Waals surface area contributed by atoms with Gasteiger partial charge in [-0.1, -0.05) is 18.2 Å². The number of hydrogen-bond donors (Lipinski definition) is 1. The lowest BCUT2D eigenvalue weighted by Gasteiger charge is -2.26. The highest BCUT2D eigenvalue weighted by molar-refractivity contribution is 9.10. The van der Waals surface area contributed by atoms with Gasteiger partial charge in [-0.25, -0.2) is 31.8 Å². The fraction of sp³-hybridized carbons (Fsp3) is 0.424. The van der Waals surface area contributed by atoms with Gasteiger partial charge in [-0.2, -0.15) is 4.39 Å². The molecule has 6 rings (SSSR count). The van der Waals surface area contributed by atoms with Crippen molar-refractivity contribution in [2.45, 2.75) is 75.3 Å². The average molecular weight is 791 g/mol. The number of carbonyl (C=O) groups is 2. The van der Waals surface area contributed by atoms with Crippen molar-refractivity contribution in [1.82, 2.24) is 33.2 Å². The Labute approximate surface area is 300 Å². The van der Waals surface area contributed by atoms with Gasteiger partial charge >= 0.3 is 17.8 Å². The number of carbonyl (C=O) groups excluding carboxylic acids is 2. The third-order valence-electron chi connectivity index (χ3n) is 8.71. The highest BCUT2D eigenvalue weighted by Crippen LogP contribution is 2.44. The number of fused-ring (bicyclic) bond motifs is 3. The van der Waals surface area contributed by atoms with E-state index in [-0.39, 0.29) is 44.5 Å². The minimum Gasteiger partial charge on any atom is -0.467 e. The number of benzene rings is 1. The first-order valence-corrected chi connectivity index (χ1v) is 18.2. The smallest absolute Gasteiger partial charge is 0.407 e. The van der Waals surface area contributed by atoms with Crippen LogP contribution >= 0.6 is 15.9 Å². The number of nitrogens with zero attached hydrogens (tertiary/aromatic N) is 6. The Morgan fingerprint density at radius 1 is 1.14 bits per heavy atom. The van der Waals surface area contributed by atoms with Gasteiger partial charge in [-0.05, 0) is 68.6 Å². The molecule has 1 saturated carbocycles. The summed E-state index contributed by atoms with van der Waals surface area (Å²) in [4.78, 5) is 43.9. The molecule has 1 aliphatic rings. The maximum absolute atomic E-state index is 15.4. The molecule has 0 spiro atoms. The van der Waals surface area contributed by atoms with Crippen LogP contribution in [-0.4, -0.2) is 79.3 Å². The number of esters is 1. The van der Waals surface area contributed by atoms with Crippen LogP contribution in [0.4, 0.5) is 9.18 Å². The lowest BCUT2D eigenvalue weighted by molar-refractivity contribution is -0.157. The van der Waals surface area contributed by atoms with Gasteiger partial charge in [0.1, 0.15) is 5.60 Å². The highest BCUT2D eigenvalue weighted by Gasteiger charge is 2.42. The number of ether oxygens (including phenoxy) is 3. The first-order chi connectivity index (χ1) is 23.9. The molecule has 0 bridgehead atoms. The Morgan fingerprint density at radius 3 is 2.43 bits per heavy atom. The molecule has 272 valence electrons. The van der Waals surface area contributed by atoms with Gasteiger partial charge in [-0.3, -0.25) is 13.8 Å². The first-order valence-electron chi connectivity index (χ1n) is 16.0. The van der Waals surface area contributed by atoms with E-state index >= 15 is 4.39 Å². The number of pyridine rings is 1. The zero-order valence-corrected chi connectivity index (χ0v) is 31.3. The number of methoxy groups -OCH3 is 1. The molecule has 4 heterocycles. The molecule has 0 aliphatic heterocycles. The minimum atomic E-state index is -4.40. The number of aryl methyl sites for hydroxylation is 2. The molecule has 0 radical (unpaired) electrons. The second-order valence-corrected chi connectivity index (χ2v) is 16.0. The largest absolute Gasteiger partial charge is 0.467 e. The van der Waals surface area contributed by atoms with Crippen LogP contribution < -0.4 is 11.0 Å². The molecular formula is C33H37BrFN7O8S. The van der Waals surface area contributed by atoms with Crippen molar-refractivity contribution < 1.29 is 36.6 Å². The molecule has 1 N–H and O–H groups in total. The molecule has 4 aromatic heterocycles. The Hall–Kier alpha value is -4.55. The Kier molecular flexibility index (Phi) is 9.39. The first kappa shape index (κ1) is 36.2. The van der Waals surface area contributed by atoms with Gasteiger partial charge in [0.15, 0.2) is 11.8 Å². The van der Waals surface area contributed by atoms with Crippen LogP contribution in [0.5, 0.6) is 0 Å². The van der Waals surface area contributed by atoms with Gasteiger partial charge in [-0.15, -0.1) is 5.10 Å². The van der Waals surface area contributed by atoms with E-state index in [1.807, 2.05) is 0 Å². The molecular weight excluding hydrogens is 753 g/mol. The van der Waals surface area contributed by atoms with Crippen molar-refractivity contribution in [2.24, 2.45) is 14.1 Å². The van der Waals surface area contributed by atoms with Crippen molar-refractivity contribution in [2.75, 3.05) is 7.11 Å². The Morgan fingerprint density at radius 2 is 1.82 bits per heavy atom. The second kappa shape index (κ2) is 13.2. The van der Waals surface area contributed by atoms with Crippen LogP contribution in [-0.2, 0) is 43.1 Å². The van der Waals surface area contributed by atoms with E-state index in [4.69, 9.17) is 14.2 Å². The fourth-order valence-electron chi connectivity index (χ4n) is 6.55. The Balaban J connectivity index is 1.58. The van der Waals surface area contributed by atoms with Gasteiger partial charge in [0, 0.05) is 26.3 Å². The molecule has 1 unspecified atom stereocenters. The molecule has 15 nitrogen and oxygen atoms in total. The SMILES string of the molecule is COC(=O)C(C)O[C@H]1C[C@@H](n2c(=O)n(C)c3cnc4c(c(Br)c(-c5cn(C)nc5F)n4S(=O)(=O)c4ccccc4)c32)C[C@@H]1NC(=O)OC(C)(C)C. The molecule has 0 saturated heterocycles. The summed E-state index contributed by atoms with van der Waals surface area (Å²) in [6.45, 7) is 6.69. The number of rotatable bonds is 8. The predicted molar refractivity (Wildman–Crippen MR) is 187 cm³/mol. The number of halogens is 2. The van der Waals surface area contributed by atoms with Crippen molar-refractivity contribution in [3.8, 4) is 11.3 Å². The van der Waals surface area contributed by atoms with Crippen LogP contribution in [0.2, 0.25) is 0 Å². The summed E-state index contributed by atoms with van der Waals surface area (Å²) in [5, 5.41) is 6.87. The zero-order valence-electron chi connectivity index (χ0n) is 28.9. The van der Waals surface area contributed by atoms with Crippen LogP contribution in [0.1, 0.15) is 46.6 Å². The van der Waals surface area contributed by atoms with Gasteiger partial charge < -0.3 is 19.5 Å². The summed E-state index contributed by atoms with van der Waals surface area (Å²) in [5.41, 5.74) is -0.836. The Bertz CT molecular complexity index is 2340. The van der Waals surface area contributed by atoms with E-state index in [1.165, 1.54) is 59.4 Å². The van der Waals surface area contributed by atoms with E-state index in [1.54, 1.807) is 46.0 Å². The molecule has 1 fully saturated rings. The number of aromatic nitrogens is 6. The molecule has 1 amide bonds. The minimum absolute atomic E-state index is 0.0654. The normalized spacial score (nSPS) is 18.7. The van der Waals surface area contributed by atoms with Crippen LogP contribution in [0.15, 0.2) is 56.9 Å². The van der Waals surface area contributed by atoms with Gasteiger partial charge in [0.05, 0.1) is 62.5 Å². The van der Waals surface area contributed by atoms with Crippen molar-refractivity contribution in [3.63, 3.8) is 0 Å². The topological polar surface area (TPSA) is 171 Å².